The summed E-state index contributed by atoms with van der Waals surface area (Å²) in [7, 11) is 0. The quantitative estimate of drug-likeness (QED) is 0.813. The molecule has 0 unspecified atom stereocenters. The Morgan fingerprint density at radius 3 is 2.32 bits per heavy atom. The van der Waals surface area contributed by atoms with E-state index in [-0.39, 0.29) is 22.9 Å². The van der Waals surface area contributed by atoms with Crippen molar-refractivity contribution in [2.24, 2.45) is 5.41 Å². The van der Waals surface area contributed by atoms with Crippen LogP contribution in [0.2, 0.25) is 0 Å². The molecule has 4 heteroatoms. The summed E-state index contributed by atoms with van der Waals surface area (Å²) in [6, 6.07) is 4.79. The number of Topliss-reactive ketones (excluding diaryl/α,β-unsaturated/α-hetero) is 2. The van der Waals surface area contributed by atoms with Gasteiger partial charge in [0.05, 0.1) is 11.3 Å². The Bertz CT molecular complexity index is 674. The number of aromatic amines is 1. The van der Waals surface area contributed by atoms with Crippen LogP contribution < -0.4 is 0 Å². The van der Waals surface area contributed by atoms with Crippen LogP contribution >= 0.6 is 0 Å². The minimum Gasteiger partial charge on any atom is -0.507 e. The number of hydrogen-bond donors (Lipinski definition) is 2. The third-order valence-electron chi connectivity index (χ3n) is 3.04. The van der Waals surface area contributed by atoms with Crippen LogP contribution in [-0.4, -0.2) is 21.7 Å². The van der Waals surface area contributed by atoms with E-state index in [0.717, 1.165) is 5.39 Å². The van der Waals surface area contributed by atoms with Gasteiger partial charge in [0.1, 0.15) is 5.75 Å². The lowest BCUT2D eigenvalue weighted by Gasteiger charge is -2.14. The van der Waals surface area contributed by atoms with Gasteiger partial charge in [0.15, 0.2) is 11.6 Å². The Hall–Kier alpha value is -2.10. The normalized spacial score (nSPS) is 11.8. The van der Waals surface area contributed by atoms with Crippen molar-refractivity contribution in [2.45, 2.75) is 27.7 Å². The molecule has 0 fully saturated rings. The fourth-order valence-electron chi connectivity index (χ4n) is 1.98. The zero-order valence-corrected chi connectivity index (χ0v) is 11.5. The summed E-state index contributed by atoms with van der Waals surface area (Å²) >= 11 is 0. The maximum Gasteiger partial charge on any atom is 0.184 e. The van der Waals surface area contributed by atoms with Crippen molar-refractivity contribution in [1.82, 2.24) is 4.98 Å². The van der Waals surface area contributed by atoms with Crippen LogP contribution in [-0.2, 0) is 0 Å². The molecule has 0 saturated carbocycles. The van der Waals surface area contributed by atoms with Crippen LogP contribution in [0.15, 0.2) is 18.2 Å². The van der Waals surface area contributed by atoms with Crippen LogP contribution in [0, 0.1) is 5.41 Å². The minimum atomic E-state index is -0.480. The van der Waals surface area contributed by atoms with E-state index in [0.29, 0.717) is 11.2 Å². The van der Waals surface area contributed by atoms with Crippen molar-refractivity contribution in [2.75, 3.05) is 0 Å². The highest BCUT2D eigenvalue weighted by molar-refractivity contribution is 6.05. The van der Waals surface area contributed by atoms with Gasteiger partial charge in [-0.15, -0.1) is 0 Å². The van der Waals surface area contributed by atoms with Gasteiger partial charge in [-0.3, -0.25) is 9.59 Å². The molecule has 1 aromatic heterocycles. The maximum atomic E-state index is 12.2. The Morgan fingerprint density at radius 1 is 1.16 bits per heavy atom. The van der Waals surface area contributed by atoms with Crippen molar-refractivity contribution < 1.29 is 14.7 Å². The average molecular weight is 259 g/mol. The highest BCUT2D eigenvalue weighted by Crippen LogP contribution is 2.28. The molecular formula is C15H17NO3. The number of nitrogens with one attached hydrogen (secondary N) is 1. The average Bonchev–Trinajstić information content (AvgIpc) is 2.67. The van der Waals surface area contributed by atoms with Gasteiger partial charge in [-0.05, 0) is 19.1 Å². The van der Waals surface area contributed by atoms with E-state index in [1.54, 1.807) is 12.1 Å². The number of carbonyl (C=O) groups is 2. The second kappa shape index (κ2) is 4.23. The molecule has 4 nitrogen and oxygen atoms in total. The lowest BCUT2D eigenvalue weighted by molar-refractivity contribution is 0.0853. The fraction of sp³-hybridized carbons (Fsp3) is 0.333. The van der Waals surface area contributed by atoms with E-state index in [1.807, 2.05) is 20.8 Å². The van der Waals surface area contributed by atoms with Crippen molar-refractivity contribution in [3.05, 3.63) is 29.5 Å². The van der Waals surface area contributed by atoms with E-state index in [1.165, 1.54) is 13.0 Å². The molecule has 0 spiro atoms. The topological polar surface area (TPSA) is 70.2 Å². The summed E-state index contributed by atoms with van der Waals surface area (Å²) in [6.45, 7) is 6.94. The first-order valence-corrected chi connectivity index (χ1v) is 6.11. The molecule has 0 aliphatic heterocycles. The SMILES string of the molecule is CC(=O)c1cc2cc(C(=O)C(C)(C)C)[nH]c2cc1O. The third-order valence-corrected chi connectivity index (χ3v) is 3.04. The maximum absolute atomic E-state index is 12.2. The smallest absolute Gasteiger partial charge is 0.184 e. The molecule has 19 heavy (non-hydrogen) atoms. The standard InChI is InChI=1S/C15H17NO3/c1-8(17)10-5-9-6-12(14(19)15(2,3)4)16-11(9)7-13(10)18/h5-7,16,18H,1-4H3. The van der Waals surface area contributed by atoms with E-state index >= 15 is 0 Å². The summed E-state index contributed by atoms with van der Waals surface area (Å²) in [5, 5.41) is 10.5. The fourth-order valence-corrected chi connectivity index (χ4v) is 1.98. The molecule has 0 aliphatic rings. The molecule has 0 aliphatic carbocycles. The van der Waals surface area contributed by atoms with Crippen LogP contribution in [0.5, 0.6) is 5.75 Å². The van der Waals surface area contributed by atoms with Gasteiger partial charge < -0.3 is 10.1 Å². The summed E-state index contributed by atoms with van der Waals surface area (Å²) in [6.07, 6.45) is 0. The monoisotopic (exact) mass is 259 g/mol. The highest BCUT2D eigenvalue weighted by Gasteiger charge is 2.24. The molecule has 2 aromatic rings. The largest absolute Gasteiger partial charge is 0.507 e. The molecular weight excluding hydrogens is 242 g/mol. The van der Waals surface area contributed by atoms with Gasteiger partial charge in [0.25, 0.3) is 0 Å². The number of phenolic OH excluding ortho intramolecular Hbond substituents is 1. The van der Waals surface area contributed by atoms with Gasteiger partial charge in [0, 0.05) is 22.4 Å². The second-order valence-corrected chi connectivity index (χ2v) is 5.77. The number of aromatic hydroxyl groups is 1. The summed E-state index contributed by atoms with van der Waals surface area (Å²) in [4.78, 5) is 26.5. The number of carbonyl (C=O) groups excluding carboxylic acids is 2. The summed E-state index contributed by atoms with van der Waals surface area (Å²) in [5.41, 5.74) is 0.922. The van der Waals surface area contributed by atoms with Crippen LogP contribution in [0.1, 0.15) is 48.5 Å². The predicted octanol–water partition coefficient (Wildman–Crippen LogP) is 3.30. The van der Waals surface area contributed by atoms with Crippen LogP contribution in [0.25, 0.3) is 10.9 Å². The molecule has 1 heterocycles. The zero-order valence-electron chi connectivity index (χ0n) is 11.5. The molecule has 0 amide bonds. The van der Waals surface area contributed by atoms with E-state index in [9.17, 15) is 14.7 Å². The first-order chi connectivity index (χ1) is 8.70. The Labute approximate surface area is 111 Å². The van der Waals surface area contributed by atoms with Gasteiger partial charge in [0.2, 0.25) is 0 Å². The zero-order chi connectivity index (χ0) is 14.4. The molecule has 1 aromatic carbocycles. The first kappa shape index (κ1) is 13.3. The van der Waals surface area contributed by atoms with Crippen LogP contribution in [0.3, 0.4) is 0 Å². The molecule has 0 radical (unpaired) electrons. The van der Waals surface area contributed by atoms with Gasteiger partial charge in [-0.2, -0.15) is 0 Å². The Balaban J connectivity index is 2.59. The highest BCUT2D eigenvalue weighted by atomic mass is 16.3. The number of rotatable bonds is 2. The second-order valence-electron chi connectivity index (χ2n) is 5.77. The number of ketones is 2. The van der Waals surface area contributed by atoms with E-state index in [4.69, 9.17) is 0 Å². The predicted molar refractivity (Wildman–Crippen MR) is 73.8 cm³/mol. The number of hydrogen-bond acceptors (Lipinski definition) is 3. The minimum absolute atomic E-state index is 0.00688. The van der Waals surface area contributed by atoms with Crippen LogP contribution in [0.4, 0.5) is 0 Å². The summed E-state index contributed by atoms with van der Waals surface area (Å²) < 4.78 is 0. The number of benzene rings is 1. The van der Waals surface area contributed by atoms with Crippen molar-refractivity contribution in [3.8, 4) is 5.75 Å². The Morgan fingerprint density at radius 2 is 1.79 bits per heavy atom. The molecule has 2 rings (SSSR count). The van der Waals surface area contributed by atoms with E-state index < -0.39 is 5.41 Å². The number of H-pyrrole nitrogens is 1. The van der Waals surface area contributed by atoms with Crippen molar-refractivity contribution in [1.29, 1.82) is 0 Å². The van der Waals surface area contributed by atoms with Crippen molar-refractivity contribution >= 4 is 22.5 Å². The molecule has 100 valence electrons. The summed E-state index contributed by atoms with van der Waals surface area (Å²) in [5.74, 6) is -0.284. The first-order valence-electron chi connectivity index (χ1n) is 6.11. The lowest BCUT2D eigenvalue weighted by atomic mass is 9.89. The van der Waals surface area contributed by atoms with Gasteiger partial charge in [-0.25, -0.2) is 0 Å². The molecule has 0 atom stereocenters. The molecule has 0 bridgehead atoms. The number of phenols is 1. The Kier molecular flexibility index (Phi) is 2.97. The van der Waals surface area contributed by atoms with Gasteiger partial charge >= 0.3 is 0 Å². The van der Waals surface area contributed by atoms with Crippen molar-refractivity contribution in [3.63, 3.8) is 0 Å². The number of aromatic nitrogens is 1. The third kappa shape index (κ3) is 2.38. The van der Waals surface area contributed by atoms with Gasteiger partial charge in [-0.1, -0.05) is 20.8 Å². The molecule has 0 saturated heterocycles. The molecule has 2 N–H and O–H groups in total. The number of fused-ring (bicyclic) bond motifs is 1. The van der Waals surface area contributed by atoms with E-state index in [2.05, 4.69) is 4.98 Å². The lowest BCUT2D eigenvalue weighted by Crippen LogP contribution is -2.20.